The molecule has 2 nitrogen and oxygen atoms in total. The standard InChI is InChI=1S/C12H18BrNO/c1-9-8-10(4-5-11(9)13)14-12(2,3)6-7-15/h4-5,8,14-15H,6-7H2,1-3H3. The maximum Gasteiger partial charge on any atom is 0.0453 e. The number of hydrogen-bond donors (Lipinski definition) is 2. The lowest BCUT2D eigenvalue weighted by Gasteiger charge is -2.27. The minimum Gasteiger partial charge on any atom is -0.396 e. The van der Waals surface area contributed by atoms with E-state index in [1.165, 1.54) is 5.56 Å². The first-order valence-electron chi connectivity index (χ1n) is 5.10. The fourth-order valence-electron chi connectivity index (χ4n) is 1.46. The lowest BCUT2D eigenvalue weighted by Crippen LogP contribution is -2.31. The summed E-state index contributed by atoms with van der Waals surface area (Å²) >= 11 is 3.47. The van der Waals surface area contributed by atoms with Crippen LogP contribution < -0.4 is 5.32 Å². The van der Waals surface area contributed by atoms with Crippen molar-refractivity contribution in [2.75, 3.05) is 11.9 Å². The van der Waals surface area contributed by atoms with E-state index in [0.717, 1.165) is 16.6 Å². The molecule has 1 rings (SSSR count). The first-order chi connectivity index (χ1) is 6.94. The molecule has 0 saturated carbocycles. The van der Waals surface area contributed by atoms with Gasteiger partial charge in [0.05, 0.1) is 0 Å². The largest absolute Gasteiger partial charge is 0.396 e. The van der Waals surface area contributed by atoms with Gasteiger partial charge in [0.1, 0.15) is 0 Å². The molecule has 3 heteroatoms. The molecular formula is C12H18BrNO. The number of aryl methyl sites for hydroxylation is 1. The van der Waals surface area contributed by atoms with E-state index in [4.69, 9.17) is 5.11 Å². The minimum absolute atomic E-state index is 0.0744. The zero-order chi connectivity index (χ0) is 11.5. The summed E-state index contributed by atoms with van der Waals surface area (Å²) in [6.45, 7) is 6.44. The first-order valence-corrected chi connectivity index (χ1v) is 5.89. The Balaban J connectivity index is 2.76. The van der Waals surface area contributed by atoms with Crippen LogP contribution in [-0.4, -0.2) is 17.3 Å². The first kappa shape index (κ1) is 12.5. The maximum absolute atomic E-state index is 8.93. The molecule has 1 aromatic carbocycles. The second kappa shape index (κ2) is 4.99. The van der Waals surface area contributed by atoms with E-state index < -0.39 is 0 Å². The maximum atomic E-state index is 8.93. The number of halogens is 1. The van der Waals surface area contributed by atoms with Gasteiger partial charge in [0, 0.05) is 22.3 Å². The van der Waals surface area contributed by atoms with Crippen LogP contribution in [0.15, 0.2) is 22.7 Å². The van der Waals surface area contributed by atoms with Gasteiger partial charge in [-0.1, -0.05) is 15.9 Å². The van der Waals surface area contributed by atoms with Crippen molar-refractivity contribution in [3.05, 3.63) is 28.2 Å². The van der Waals surface area contributed by atoms with E-state index in [1.54, 1.807) is 0 Å². The highest BCUT2D eigenvalue weighted by Crippen LogP contribution is 2.23. The summed E-state index contributed by atoms with van der Waals surface area (Å²) in [6, 6.07) is 6.17. The van der Waals surface area contributed by atoms with Crippen LogP contribution in [0.25, 0.3) is 0 Å². The van der Waals surface area contributed by atoms with Crippen molar-refractivity contribution in [2.45, 2.75) is 32.7 Å². The fraction of sp³-hybridized carbons (Fsp3) is 0.500. The van der Waals surface area contributed by atoms with Crippen molar-refractivity contribution in [3.8, 4) is 0 Å². The van der Waals surface area contributed by atoms with Crippen LogP contribution in [0, 0.1) is 6.92 Å². The Morgan fingerprint density at radius 1 is 1.40 bits per heavy atom. The quantitative estimate of drug-likeness (QED) is 0.881. The molecule has 0 aliphatic rings. The summed E-state index contributed by atoms with van der Waals surface area (Å²) in [7, 11) is 0. The normalized spacial score (nSPS) is 11.5. The molecule has 0 aliphatic heterocycles. The van der Waals surface area contributed by atoms with Gasteiger partial charge in [-0.2, -0.15) is 0 Å². The molecule has 2 N–H and O–H groups in total. The molecule has 1 aromatic rings. The molecule has 84 valence electrons. The summed E-state index contributed by atoms with van der Waals surface area (Å²) in [5.74, 6) is 0. The van der Waals surface area contributed by atoms with E-state index in [0.29, 0.717) is 0 Å². The molecule has 0 saturated heterocycles. The summed E-state index contributed by atoms with van der Waals surface area (Å²) < 4.78 is 1.12. The minimum atomic E-state index is -0.0744. The molecule has 0 heterocycles. The van der Waals surface area contributed by atoms with E-state index in [9.17, 15) is 0 Å². The third-order valence-corrected chi connectivity index (χ3v) is 3.27. The number of anilines is 1. The highest BCUT2D eigenvalue weighted by molar-refractivity contribution is 9.10. The Morgan fingerprint density at radius 2 is 2.07 bits per heavy atom. The predicted molar refractivity (Wildman–Crippen MR) is 68.3 cm³/mol. The van der Waals surface area contributed by atoms with E-state index in [2.05, 4.69) is 48.1 Å². The van der Waals surface area contributed by atoms with Gasteiger partial charge in [0.15, 0.2) is 0 Å². The fourth-order valence-corrected chi connectivity index (χ4v) is 1.70. The lowest BCUT2D eigenvalue weighted by atomic mass is 10.0. The molecule has 0 aliphatic carbocycles. The summed E-state index contributed by atoms with van der Waals surface area (Å²) in [6.07, 6.45) is 0.738. The molecule has 0 radical (unpaired) electrons. The van der Waals surface area contributed by atoms with Crippen LogP contribution in [-0.2, 0) is 0 Å². The lowest BCUT2D eigenvalue weighted by molar-refractivity contribution is 0.261. The third kappa shape index (κ3) is 3.84. The second-order valence-electron chi connectivity index (χ2n) is 4.45. The van der Waals surface area contributed by atoms with Gasteiger partial charge in [-0.3, -0.25) is 0 Å². The molecule has 0 bridgehead atoms. The van der Waals surface area contributed by atoms with Crippen molar-refractivity contribution >= 4 is 21.6 Å². The van der Waals surface area contributed by atoms with Crippen LogP contribution in [0.3, 0.4) is 0 Å². The van der Waals surface area contributed by atoms with Crippen LogP contribution >= 0.6 is 15.9 Å². The van der Waals surface area contributed by atoms with Gasteiger partial charge >= 0.3 is 0 Å². The third-order valence-electron chi connectivity index (χ3n) is 2.38. The summed E-state index contributed by atoms with van der Waals surface area (Å²) in [5.41, 5.74) is 2.23. The smallest absolute Gasteiger partial charge is 0.0453 e. The zero-order valence-corrected chi connectivity index (χ0v) is 11.1. The van der Waals surface area contributed by atoms with Gasteiger partial charge in [-0.05, 0) is 51.0 Å². The number of aliphatic hydroxyl groups excluding tert-OH is 1. The van der Waals surface area contributed by atoms with Crippen molar-refractivity contribution in [1.82, 2.24) is 0 Å². The molecule has 0 spiro atoms. The number of rotatable bonds is 4. The van der Waals surface area contributed by atoms with Crippen LogP contribution in [0.5, 0.6) is 0 Å². The SMILES string of the molecule is Cc1cc(NC(C)(C)CCO)ccc1Br. The summed E-state index contributed by atoms with van der Waals surface area (Å²) in [5, 5.41) is 12.3. The highest BCUT2D eigenvalue weighted by Gasteiger charge is 2.16. The number of aliphatic hydroxyl groups is 1. The van der Waals surface area contributed by atoms with Gasteiger partial charge in [0.25, 0.3) is 0 Å². The Morgan fingerprint density at radius 3 is 2.60 bits per heavy atom. The Bertz CT molecular complexity index is 336. The molecule has 0 atom stereocenters. The van der Waals surface area contributed by atoms with Crippen molar-refractivity contribution in [2.24, 2.45) is 0 Å². The number of benzene rings is 1. The van der Waals surface area contributed by atoms with E-state index >= 15 is 0 Å². The Labute approximate surface area is 99.8 Å². The van der Waals surface area contributed by atoms with E-state index in [-0.39, 0.29) is 12.1 Å². The van der Waals surface area contributed by atoms with Crippen molar-refractivity contribution in [3.63, 3.8) is 0 Å². The molecule has 0 fully saturated rings. The summed E-state index contributed by atoms with van der Waals surface area (Å²) in [4.78, 5) is 0. The van der Waals surface area contributed by atoms with E-state index in [1.807, 2.05) is 12.1 Å². The Hall–Kier alpha value is -0.540. The zero-order valence-electron chi connectivity index (χ0n) is 9.47. The predicted octanol–water partition coefficient (Wildman–Crippen LogP) is 3.33. The van der Waals surface area contributed by atoms with Crippen molar-refractivity contribution in [1.29, 1.82) is 0 Å². The van der Waals surface area contributed by atoms with Gasteiger partial charge < -0.3 is 10.4 Å². The van der Waals surface area contributed by atoms with Crippen LogP contribution in [0.1, 0.15) is 25.8 Å². The molecule has 0 amide bonds. The molecule has 0 aromatic heterocycles. The monoisotopic (exact) mass is 271 g/mol. The number of nitrogens with one attached hydrogen (secondary N) is 1. The second-order valence-corrected chi connectivity index (χ2v) is 5.30. The number of hydrogen-bond acceptors (Lipinski definition) is 2. The average Bonchev–Trinajstić information content (AvgIpc) is 2.10. The molecule has 15 heavy (non-hydrogen) atoms. The molecule has 0 unspecified atom stereocenters. The van der Waals surface area contributed by atoms with Crippen molar-refractivity contribution < 1.29 is 5.11 Å². The van der Waals surface area contributed by atoms with Crippen LogP contribution in [0.4, 0.5) is 5.69 Å². The molecular weight excluding hydrogens is 254 g/mol. The average molecular weight is 272 g/mol. The van der Waals surface area contributed by atoms with Gasteiger partial charge in [0.2, 0.25) is 0 Å². The topological polar surface area (TPSA) is 32.3 Å². The van der Waals surface area contributed by atoms with Gasteiger partial charge in [-0.15, -0.1) is 0 Å². The highest BCUT2D eigenvalue weighted by atomic mass is 79.9. The Kier molecular flexibility index (Phi) is 4.17. The van der Waals surface area contributed by atoms with Crippen LogP contribution in [0.2, 0.25) is 0 Å². The van der Waals surface area contributed by atoms with Gasteiger partial charge in [-0.25, -0.2) is 0 Å².